The molecule has 1 N–H and O–H groups in total. The van der Waals surface area contributed by atoms with Crippen LogP contribution in [0.15, 0.2) is 30.5 Å². The molecule has 22 heavy (non-hydrogen) atoms. The molecule has 0 radical (unpaired) electrons. The lowest BCUT2D eigenvalue weighted by molar-refractivity contribution is 0.430. The number of pyridine rings is 1. The van der Waals surface area contributed by atoms with E-state index in [1.54, 1.807) is 6.20 Å². The van der Waals surface area contributed by atoms with E-state index < -0.39 is 0 Å². The van der Waals surface area contributed by atoms with Crippen LogP contribution < -0.4 is 0 Å². The molecule has 0 unspecified atom stereocenters. The van der Waals surface area contributed by atoms with Crippen molar-refractivity contribution in [2.75, 3.05) is 0 Å². The summed E-state index contributed by atoms with van der Waals surface area (Å²) in [7, 11) is 0. The highest BCUT2D eigenvalue weighted by molar-refractivity contribution is 6.37. The maximum atomic E-state index is 6.33. The normalized spacial score (nSPS) is 15.9. The van der Waals surface area contributed by atoms with Crippen molar-refractivity contribution in [3.63, 3.8) is 0 Å². The minimum Gasteiger partial charge on any atom is -0.339 e. The standard InChI is InChI=1S/C19H17ClN2/c20-16-10-11-21-19-18(16)15-12-14(8-9-17(15)22-19)7-6-13-4-2-1-3-5-13/h8-13H,1-5H2,(H,21,22). The van der Waals surface area contributed by atoms with E-state index >= 15 is 0 Å². The summed E-state index contributed by atoms with van der Waals surface area (Å²) in [5, 5.41) is 2.82. The molecule has 1 aromatic carbocycles. The first-order chi connectivity index (χ1) is 10.8. The van der Waals surface area contributed by atoms with Crippen molar-refractivity contribution in [1.82, 2.24) is 9.97 Å². The fraction of sp³-hybridized carbons (Fsp3) is 0.316. The van der Waals surface area contributed by atoms with Gasteiger partial charge in [-0.25, -0.2) is 4.98 Å². The quantitative estimate of drug-likeness (QED) is 0.561. The minimum atomic E-state index is 0.567. The maximum Gasteiger partial charge on any atom is 0.139 e. The van der Waals surface area contributed by atoms with E-state index in [-0.39, 0.29) is 0 Å². The van der Waals surface area contributed by atoms with E-state index in [1.807, 2.05) is 6.07 Å². The molecule has 3 aromatic rings. The number of benzene rings is 1. The van der Waals surface area contributed by atoms with Crippen LogP contribution in [-0.4, -0.2) is 9.97 Å². The first-order valence-corrected chi connectivity index (χ1v) is 8.26. The van der Waals surface area contributed by atoms with Crippen molar-refractivity contribution in [2.45, 2.75) is 32.1 Å². The van der Waals surface area contributed by atoms with Gasteiger partial charge in [-0.15, -0.1) is 0 Å². The second-order valence-corrected chi connectivity index (χ2v) is 6.41. The van der Waals surface area contributed by atoms with Crippen molar-refractivity contribution in [1.29, 1.82) is 0 Å². The topological polar surface area (TPSA) is 28.7 Å². The molecule has 1 aliphatic carbocycles. The van der Waals surface area contributed by atoms with Crippen LogP contribution >= 0.6 is 11.6 Å². The number of fused-ring (bicyclic) bond motifs is 3. The number of nitrogens with zero attached hydrogens (tertiary/aromatic N) is 1. The molecule has 0 amide bonds. The maximum absolute atomic E-state index is 6.33. The molecule has 1 saturated carbocycles. The van der Waals surface area contributed by atoms with Gasteiger partial charge in [0.1, 0.15) is 5.65 Å². The fourth-order valence-electron chi connectivity index (χ4n) is 3.29. The van der Waals surface area contributed by atoms with Gasteiger partial charge >= 0.3 is 0 Å². The zero-order valence-corrected chi connectivity index (χ0v) is 13.1. The molecule has 3 heteroatoms. The van der Waals surface area contributed by atoms with Crippen LogP contribution in [-0.2, 0) is 0 Å². The van der Waals surface area contributed by atoms with Crippen LogP contribution in [0, 0.1) is 17.8 Å². The van der Waals surface area contributed by atoms with Gasteiger partial charge in [0.2, 0.25) is 0 Å². The number of halogens is 1. The Morgan fingerprint density at radius 2 is 2.00 bits per heavy atom. The van der Waals surface area contributed by atoms with Gasteiger partial charge in [-0.3, -0.25) is 0 Å². The van der Waals surface area contributed by atoms with E-state index in [4.69, 9.17) is 11.6 Å². The predicted octanol–water partition coefficient (Wildman–Crippen LogP) is 5.30. The van der Waals surface area contributed by atoms with Crippen LogP contribution in [0.1, 0.15) is 37.7 Å². The zero-order chi connectivity index (χ0) is 14.9. The van der Waals surface area contributed by atoms with Crippen LogP contribution in [0.25, 0.3) is 21.9 Å². The molecule has 2 nitrogen and oxygen atoms in total. The Morgan fingerprint density at radius 3 is 2.86 bits per heavy atom. The molecule has 0 saturated heterocycles. The van der Waals surface area contributed by atoms with E-state index in [0.29, 0.717) is 5.92 Å². The summed E-state index contributed by atoms with van der Waals surface area (Å²) in [4.78, 5) is 7.66. The lowest BCUT2D eigenvalue weighted by Crippen LogP contribution is -2.02. The molecular formula is C19H17ClN2. The van der Waals surface area contributed by atoms with E-state index in [0.717, 1.165) is 32.5 Å². The predicted molar refractivity (Wildman–Crippen MR) is 92.1 cm³/mol. The van der Waals surface area contributed by atoms with Gasteiger partial charge in [0.05, 0.1) is 5.02 Å². The van der Waals surface area contributed by atoms with Gasteiger partial charge in [0.15, 0.2) is 0 Å². The number of nitrogens with one attached hydrogen (secondary N) is 1. The fourth-order valence-corrected chi connectivity index (χ4v) is 3.53. The molecule has 0 bridgehead atoms. The van der Waals surface area contributed by atoms with Crippen LogP contribution in [0.3, 0.4) is 0 Å². The Kier molecular flexibility index (Phi) is 3.52. The first kappa shape index (κ1) is 13.7. The van der Waals surface area contributed by atoms with Gasteiger partial charge in [0, 0.05) is 34.0 Å². The largest absolute Gasteiger partial charge is 0.339 e. The zero-order valence-electron chi connectivity index (χ0n) is 12.3. The van der Waals surface area contributed by atoms with E-state index in [2.05, 4.69) is 40.0 Å². The average Bonchev–Trinajstić information content (AvgIpc) is 2.93. The Balaban J connectivity index is 1.76. The van der Waals surface area contributed by atoms with Gasteiger partial charge in [-0.1, -0.05) is 42.7 Å². The number of aromatic nitrogens is 2. The van der Waals surface area contributed by atoms with Crippen LogP contribution in [0.4, 0.5) is 0 Å². The van der Waals surface area contributed by atoms with Crippen LogP contribution in [0.5, 0.6) is 0 Å². The molecule has 1 fully saturated rings. The molecule has 2 heterocycles. The van der Waals surface area contributed by atoms with Crippen molar-refractivity contribution in [3.05, 3.63) is 41.0 Å². The van der Waals surface area contributed by atoms with E-state index in [1.165, 1.54) is 32.1 Å². The first-order valence-electron chi connectivity index (χ1n) is 7.89. The summed E-state index contributed by atoms with van der Waals surface area (Å²) in [6.07, 6.45) is 8.23. The molecule has 1 aliphatic rings. The lowest BCUT2D eigenvalue weighted by Gasteiger charge is -2.15. The number of H-pyrrole nitrogens is 1. The van der Waals surface area contributed by atoms with Gasteiger partial charge in [0.25, 0.3) is 0 Å². The highest BCUT2D eigenvalue weighted by Gasteiger charge is 2.11. The minimum absolute atomic E-state index is 0.567. The van der Waals surface area contributed by atoms with E-state index in [9.17, 15) is 0 Å². The van der Waals surface area contributed by atoms with Gasteiger partial charge in [-0.05, 0) is 37.1 Å². The summed E-state index contributed by atoms with van der Waals surface area (Å²) in [6, 6.07) is 8.09. The lowest BCUT2D eigenvalue weighted by atomic mass is 9.89. The molecule has 2 aromatic heterocycles. The molecular weight excluding hydrogens is 292 g/mol. The number of hydrogen-bond acceptors (Lipinski definition) is 1. The number of aromatic amines is 1. The molecule has 110 valence electrons. The van der Waals surface area contributed by atoms with Crippen molar-refractivity contribution < 1.29 is 0 Å². The van der Waals surface area contributed by atoms with Gasteiger partial charge < -0.3 is 4.98 Å². The third-order valence-electron chi connectivity index (χ3n) is 4.47. The molecule has 0 aliphatic heterocycles. The summed E-state index contributed by atoms with van der Waals surface area (Å²) in [5.74, 6) is 7.37. The molecule has 0 atom stereocenters. The Labute approximate surface area is 134 Å². The highest BCUT2D eigenvalue weighted by Crippen LogP contribution is 2.30. The van der Waals surface area contributed by atoms with Crippen molar-refractivity contribution in [2.24, 2.45) is 5.92 Å². The monoisotopic (exact) mass is 308 g/mol. The summed E-state index contributed by atoms with van der Waals surface area (Å²) in [5.41, 5.74) is 2.94. The van der Waals surface area contributed by atoms with Gasteiger partial charge in [-0.2, -0.15) is 0 Å². The van der Waals surface area contributed by atoms with Crippen molar-refractivity contribution >= 4 is 33.5 Å². The molecule has 4 rings (SSSR count). The van der Waals surface area contributed by atoms with Crippen molar-refractivity contribution in [3.8, 4) is 11.8 Å². The summed E-state index contributed by atoms with van der Waals surface area (Å²) in [6.45, 7) is 0. The Morgan fingerprint density at radius 1 is 1.14 bits per heavy atom. The molecule has 0 spiro atoms. The number of hydrogen-bond donors (Lipinski definition) is 1. The van der Waals surface area contributed by atoms with Crippen LogP contribution in [0.2, 0.25) is 5.02 Å². The second-order valence-electron chi connectivity index (χ2n) is 6.01. The second kappa shape index (κ2) is 5.66. The number of rotatable bonds is 0. The Bertz CT molecular complexity index is 892. The summed E-state index contributed by atoms with van der Waals surface area (Å²) >= 11 is 6.33. The smallest absolute Gasteiger partial charge is 0.139 e. The highest BCUT2D eigenvalue weighted by atomic mass is 35.5. The Hall–Kier alpha value is -1.98. The third kappa shape index (κ3) is 2.46. The summed E-state index contributed by atoms with van der Waals surface area (Å²) < 4.78 is 0. The third-order valence-corrected chi connectivity index (χ3v) is 4.78. The SMILES string of the molecule is Clc1ccnc2[nH]c3ccc(C#CC4CCCCC4)cc3c12. The average molecular weight is 309 g/mol.